The molecule has 0 radical (unpaired) electrons. The van der Waals surface area contributed by atoms with Crippen LogP contribution < -0.4 is 5.32 Å². The van der Waals surface area contributed by atoms with Crippen molar-refractivity contribution in [1.82, 2.24) is 5.32 Å². The quantitative estimate of drug-likeness (QED) is 0.0264. The monoisotopic (exact) mass is 846 g/mol. The maximum absolute atomic E-state index is 13.0. The Morgan fingerprint density at radius 1 is 0.567 bits per heavy atom. The third-order valence-corrected chi connectivity index (χ3v) is 11.3. The van der Waals surface area contributed by atoms with E-state index in [1.165, 1.54) is 122 Å². The molecule has 6 N–H and O–H groups in total. The van der Waals surface area contributed by atoms with Gasteiger partial charge in [0.15, 0.2) is 6.29 Å². The first-order valence-corrected chi connectivity index (χ1v) is 24.5. The van der Waals surface area contributed by atoms with Crippen LogP contribution in [0.3, 0.4) is 0 Å². The number of aliphatic hydroxyl groups excluding tert-OH is 5. The fraction of sp³-hybridized carbons (Fsp3) is 0.784. The Balaban J connectivity index is 2.28. The van der Waals surface area contributed by atoms with Crippen molar-refractivity contribution < 1.29 is 39.8 Å². The molecule has 1 amide bonds. The van der Waals surface area contributed by atoms with Crippen molar-refractivity contribution in [2.75, 3.05) is 13.2 Å². The third kappa shape index (κ3) is 30.8. The number of nitrogens with one attached hydrogen (secondary N) is 1. The van der Waals surface area contributed by atoms with Gasteiger partial charge in [-0.15, -0.1) is 0 Å². The zero-order valence-electron chi connectivity index (χ0n) is 38.2. The Morgan fingerprint density at radius 3 is 1.52 bits per heavy atom. The molecule has 1 aliphatic heterocycles. The SMILES string of the molecule is CCCCCCC/C=C\C/C=C\C/C=C\CCCCCCCCCCCCC(=O)NC(COC1OC(CO)C(O)C(O)C1O)C(O)/C=C/CC/C=C/CCCCCCCC. The minimum atomic E-state index is -1.57. The highest BCUT2D eigenvalue weighted by atomic mass is 16.7. The molecule has 9 nitrogen and oxygen atoms in total. The number of carbonyl (C=O) groups is 1. The summed E-state index contributed by atoms with van der Waals surface area (Å²) in [7, 11) is 0. The molecule has 1 aliphatic rings. The molecule has 1 fully saturated rings. The number of carbonyl (C=O) groups excluding carboxylic acids is 1. The molecule has 1 rings (SSSR count). The summed E-state index contributed by atoms with van der Waals surface area (Å²) in [5.74, 6) is -0.194. The second-order valence-corrected chi connectivity index (χ2v) is 16.9. The zero-order chi connectivity index (χ0) is 43.7. The molecule has 0 bridgehead atoms. The van der Waals surface area contributed by atoms with Crippen LogP contribution in [0.15, 0.2) is 60.8 Å². The molecule has 0 saturated carbocycles. The van der Waals surface area contributed by atoms with Crippen molar-refractivity contribution in [1.29, 1.82) is 0 Å². The molecular formula is C51H91NO8. The molecule has 1 heterocycles. The molecule has 0 aliphatic carbocycles. The molecular weight excluding hydrogens is 755 g/mol. The third-order valence-electron chi connectivity index (χ3n) is 11.3. The maximum atomic E-state index is 13.0. The van der Waals surface area contributed by atoms with Gasteiger partial charge in [0.05, 0.1) is 25.4 Å². The normalized spacial score (nSPS) is 21.1. The van der Waals surface area contributed by atoms with Crippen LogP contribution >= 0.6 is 0 Å². The fourth-order valence-electron chi connectivity index (χ4n) is 7.35. The summed E-state index contributed by atoms with van der Waals surface area (Å²) >= 11 is 0. The molecule has 60 heavy (non-hydrogen) atoms. The largest absolute Gasteiger partial charge is 0.394 e. The van der Waals surface area contributed by atoms with E-state index in [0.717, 1.165) is 57.8 Å². The van der Waals surface area contributed by atoms with E-state index in [1.807, 2.05) is 6.08 Å². The topological polar surface area (TPSA) is 149 Å². The van der Waals surface area contributed by atoms with Crippen LogP contribution in [0.4, 0.5) is 0 Å². The minimum Gasteiger partial charge on any atom is -0.394 e. The molecule has 0 aromatic heterocycles. The van der Waals surface area contributed by atoms with E-state index in [4.69, 9.17) is 9.47 Å². The standard InChI is InChI=1S/C51H91NO8/c1-3-5-7-9-11-13-15-17-18-19-20-21-22-23-24-25-26-27-28-29-31-33-35-37-39-41-47(55)52-44(43-59-51-50(58)49(57)48(56)46(42-53)60-51)45(54)40-38-36-34-32-30-16-14-12-10-8-6-4-2/h15,17,19-20,22-23,30,32,38,40,44-46,48-51,53-54,56-58H,3-14,16,18,21,24-29,31,33-37,39,41-43H2,1-2H3,(H,52,55)/b17-15-,20-19-,23-22-,32-30+,40-38+. The van der Waals surface area contributed by atoms with E-state index in [9.17, 15) is 30.3 Å². The average Bonchev–Trinajstić information content (AvgIpc) is 3.25. The van der Waals surface area contributed by atoms with E-state index in [-0.39, 0.29) is 12.5 Å². The van der Waals surface area contributed by atoms with Gasteiger partial charge >= 0.3 is 0 Å². The van der Waals surface area contributed by atoms with Crippen molar-refractivity contribution in [3.63, 3.8) is 0 Å². The van der Waals surface area contributed by atoms with E-state index in [2.05, 4.69) is 67.8 Å². The van der Waals surface area contributed by atoms with Gasteiger partial charge in [0.2, 0.25) is 5.91 Å². The first-order chi connectivity index (χ1) is 29.3. The molecule has 7 unspecified atom stereocenters. The Hall–Kier alpha value is -2.11. The average molecular weight is 846 g/mol. The van der Waals surface area contributed by atoms with E-state index < -0.39 is 49.5 Å². The molecule has 0 spiro atoms. The number of rotatable bonds is 40. The van der Waals surface area contributed by atoms with Crippen molar-refractivity contribution >= 4 is 5.91 Å². The summed E-state index contributed by atoms with van der Waals surface area (Å²) in [6, 6.07) is -0.824. The number of allylic oxidation sites excluding steroid dienone is 9. The summed E-state index contributed by atoms with van der Waals surface area (Å²) in [5, 5.41) is 54.1. The number of hydrogen-bond donors (Lipinski definition) is 6. The van der Waals surface area contributed by atoms with Gasteiger partial charge in [-0.05, 0) is 70.6 Å². The van der Waals surface area contributed by atoms with Crippen LogP contribution in [-0.4, -0.2) is 87.5 Å². The number of amides is 1. The predicted molar refractivity (Wildman–Crippen MR) is 249 cm³/mol. The lowest BCUT2D eigenvalue weighted by Crippen LogP contribution is -2.60. The summed E-state index contributed by atoms with van der Waals surface area (Å²) in [5.41, 5.74) is 0. The van der Waals surface area contributed by atoms with Crippen LogP contribution in [0, 0.1) is 0 Å². The summed E-state index contributed by atoms with van der Waals surface area (Å²) in [6.45, 7) is 3.72. The lowest BCUT2D eigenvalue weighted by molar-refractivity contribution is -0.302. The number of unbranched alkanes of at least 4 members (excludes halogenated alkanes) is 22. The van der Waals surface area contributed by atoms with Gasteiger partial charge < -0.3 is 40.3 Å². The molecule has 9 heteroatoms. The zero-order valence-corrected chi connectivity index (χ0v) is 38.2. The predicted octanol–water partition coefficient (Wildman–Crippen LogP) is 10.8. The van der Waals surface area contributed by atoms with Crippen LogP contribution in [-0.2, 0) is 14.3 Å². The van der Waals surface area contributed by atoms with Crippen LogP contribution in [0.1, 0.15) is 200 Å². The Labute approximate surface area is 366 Å². The van der Waals surface area contributed by atoms with Crippen LogP contribution in [0.5, 0.6) is 0 Å². The van der Waals surface area contributed by atoms with E-state index >= 15 is 0 Å². The molecule has 348 valence electrons. The summed E-state index contributed by atoms with van der Waals surface area (Å²) in [6.07, 6.45) is 47.0. The number of hydrogen-bond acceptors (Lipinski definition) is 8. The summed E-state index contributed by atoms with van der Waals surface area (Å²) < 4.78 is 11.2. The lowest BCUT2D eigenvalue weighted by atomic mass is 9.99. The lowest BCUT2D eigenvalue weighted by Gasteiger charge is -2.40. The second-order valence-electron chi connectivity index (χ2n) is 16.9. The molecule has 1 saturated heterocycles. The second kappa shape index (κ2) is 40.9. The van der Waals surface area contributed by atoms with Crippen molar-refractivity contribution in [2.45, 2.75) is 243 Å². The van der Waals surface area contributed by atoms with Crippen LogP contribution in [0.25, 0.3) is 0 Å². The van der Waals surface area contributed by atoms with Crippen LogP contribution in [0.2, 0.25) is 0 Å². The van der Waals surface area contributed by atoms with Crippen molar-refractivity contribution in [2.24, 2.45) is 0 Å². The van der Waals surface area contributed by atoms with E-state index in [1.54, 1.807) is 6.08 Å². The number of ether oxygens (including phenoxy) is 2. The van der Waals surface area contributed by atoms with E-state index in [0.29, 0.717) is 6.42 Å². The Kier molecular flexibility index (Phi) is 38.1. The summed E-state index contributed by atoms with van der Waals surface area (Å²) in [4.78, 5) is 13.0. The fourth-order valence-corrected chi connectivity index (χ4v) is 7.35. The minimum absolute atomic E-state index is 0.194. The van der Waals surface area contributed by atoms with Gasteiger partial charge in [-0.25, -0.2) is 0 Å². The maximum Gasteiger partial charge on any atom is 0.220 e. The van der Waals surface area contributed by atoms with Gasteiger partial charge in [0.1, 0.15) is 24.4 Å². The highest BCUT2D eigenvalue weighted by Crippen LogP contribution is 2.22. The van der Waals surface area contributed by atoms with Gasteiger partial charge in [0, 0.05) is 6.42 Å². The Bertz CT molecular complexity index is 1120. The first kappa shape index (κ1) is 55.9. The van der Waals surface area contributed by atoms with Gasteiger partial charge in [0.25, 0.3) is 0 Å². The highest BCUT2D eigenvalue weighted by molar-refractivity contribution is 5.76. The smallest absolute Gasteiger partial charge is 0.220 e. The van der Waals surface area contributed by atoms with Gasteiger partial charge in [-0.3, -0.25) is 4.79 Å². The number of aliphatic hydroxyl groups is 5. The van der Waals surface area contributed by atoms with Crippen molar-refractivity contribution in [3.8, 4) is 0 Å². The first-order valence-electron chi connectivity index (χ1n) is 24.5. The van der Waals surface area contributed by atoms with Gasteiger partial charge in [-0.1, -0.05) is 184 Å². The Morgan fingerprint density at radius 2 is 1.00 bits per heavy atom. The molecule has 7 atom stereocenters. The van der Waals surface area contributed by atoms with Crippen molar-refractivity contribution in [3.05, 3.63) is 60.8 Å². The molecule has 0 aromatic rings. The van der Waals surface area contributed by atoms with Gasteiger partial charge in [-0.2, -0.15) is 0 Å². The molecule has 0 aromatic carbocycles. The highest BCUT2D eigenvalue weighted by Gasteiger charge is 2.44.